The van der Waals surface area contributed by atoms with Crippen molar-refractivity contribution in [1.29, 1.82) is 0 Å². The second-order valence-electron chi connectivity index (χ2n) is 13.8. The van der Waals surface area contributed by atoms with Crippen LogP contribution in [0.1, 0.15) is 93.2 Å². The smallest absolute Gasteiger partial charge is 0.127 e. The van der Waals surface area contributed by atoms with E-state index < -0.39 is 0 Å². The number of benzene rings is 3. The Kier molecular flexibility index (Phi) is 10.6. The lowest BCUT2D eigenvalue weighted by molar-refractivity contribution is 0.0788. The molecule has 3 atom stereocenters. The van der Waals surface area contributed by atoms with Crippen LogP contribution in [0.5, 0.6) is 17.2 Å². The molecule has 3 aliphatic rings. The zero-order valence-corrected chi connectivity index (χ0v) is 28.7. The maximum atomic E-state index is 9.93. The van der Waals surface area contributed by atoms with Crippen LogP contribution in [0.4, 0.5) is 0 Å². The maximum Gasteiger partial charge on any atom is 0.127 e. The van der Waals surface area contributed by atoms with Gasteiger partial charge in [0.2, 0.25) is 0 Å². The third-order valence-corrected chi connectivity index (χ3v) is 10.6. The number of ether oxygens (including phenoxy) is 3. The number of hydrogen-bond acceptors (Lipinski definition) is 6. The zero-order chi connectivity index (χ0) is 32.2. The lowest BCUT2D eigenvalue weighted by Crippen LogP contribution is -2.35. The van der Waals surface area contributed by atoms with Crippen LogP contribution in [0.25, 0.3) is 11.1 Å². The lowest BCUT2D eigenvalue weighted by Gasteiger charge is -2.30. The molecule has 0 aromatic heterocycles. The summed E-state index contributed by atoms with van der Waals surface area (Å²) in [6.07, 6.45) is 7.12. The second-order valence-corrected chi connectivity index (χ2v) is 13.8. The van der Waals surface area contributed by atoms with Gasteiger partial charge >= 0.3 is 0 Å². The number of piperidine rings is 1. The van der Waals surface area contributed by atoms with E-state index in [1.807, 2.05) is 6.92 Å². The van der Waals surface area contributed by atoms with Crippen molar-refractivity contribution in [2.45, 2.75) is 110 Å². The van der Waals surface area contributed by atoms with Gasteiger partial charge in [-0.15, -0.1) is 0 Å². The van der Waals surface area contributed by atoms with E-state index >= 15 is 0 Å². The van der Waals surface area contributed by atoms with Crippen LogP contribution in [-0.2, 0) is 13.0 Å². The molecule has 6 rings (SSSR count). The molecule has 3 aromatic carbocycles. The van der Waals surface area contributed by atoms with Crippen molar-refractivity contribution in [3.8, 4) is 28.4 Å². The zero-order valence-electron chi connectivity index (χ0n) is 28.7. The van der Waals surface area contributed by atoms with Crippen LogP contribution in [0.3, 0.4) is 0 Å². The predicted octanol–water partition coefficient (Wildman–Crippen LogP) is 8.03. The van der Waals surface area contributed by atoms with Gasteiger partial charge in [0.1, 0.15) is 23.4 Å². The van der Waals surface area contributed by atoms with Crippen LogP contribution in [0.15, 0.2) is 48.5 Å². The number of hydrogen-bond donors (Lipinski definition) is 1. The summed E-state index contributed by atoms with van der Waals surface area (Å²) < 4.78 is 19.3. The lowest BCUT2D eigenvalue weighted by atomic mass is 9.93. The summed E-state index contributed by atoms with van der Waals surface area (Å²) in [6, 6.07) is 18.9. The average molecular weight is 627 g/mol. The molecule has 3 aromatic rings. The minimum Gasteiger partial charge on any atom is -0.493 e. The third-order valence-electron chi connectivity index (χ3n) is 10.6. The molecular weight excluding hydrogens is 572 g/mol. The van der Waals surface area contributed by atoms with E-state index in [0.717, 1.165) is 87.7 Å². The number of likely N-dealkylation sites (tertiary alicyclic amines) is 2. The largest absolute Gasteiger partial charge is 0.493 e. The molecule has 0 spiro atoms. The summed E-state index contributed by atoms with van der Waals surface area (Å²) in [5, 5.41) is 9.93. The second kappa shape index (κ2) is 14.8. The average Bonchev–Trinajstić information content (AvgIpc) is 3.61. The molecule has 46 heavy (non-hydrogen) atoms. The highest BCUT2D eigenvalue weighted by molar-refractivity contribution is 5.74. The molecule has 0 saturated carbocycles. The number of fused-ring (bicyclic) bond motifs is 1. The third kappa shape index (κ3) is 7.25. The van der Waals surface area contributed by atoms with Gasteiger partial charge in [0, 0.05) is 49.9 Å². The Morgan fingerprint density at radius 2 is 1.57 bits per heavy atom. The van der Waals surface area contributed by atoms with E-state index in [2.05, 4.69) is 86.0 Å². The van der Waals surface area contributed by atoms with Crippen LogP contribution in [-0.4, -0.2) is 65.9 Å². The first-order valence-electron chi connectivity index (χ1n) is 17.8. The van der Waals surface area contributed by atoms with Gasteiger partial charge in [-0.1, -0.05) is 30.3 Å². The number of rotatable bonds is 12. The molecule has 2 aliphatic heterocycles. The van der Waals surface area contributed by atoms with Crippen molar-refractivity contribution >= 4 is 0 Å². The number of aliphatic hydroxyl groups excluding tert-OH is 1. The van der Waals surface area contributed by atoms with Gasteiger partial charge in [0.15, 0.2) is 0 Å². The van der Waals surface area contributed by atoms with E-state index in [1.54, 1.807) is 0 Å². The minimum absolute atomic E-state index is 0.00710. The van der Waals surface area contributed by atoms with Gasteiger partial charge < -0.3 is 19.3 Å². The number of nitrogens with zero attached hydrogens (tertiary/aromatic N) is 2. The number of aryl methyl sites for hydroxylation is 1. The predicted molar refractivity (Wildman–Crippen MR) is 186 cm³/mol. The van der Waals surface area contributed by atoms with Gasteiger partial charge in [-0.25, -0.2) is 0 Å². The molecule has 2 fully saturated rings. The molecule has 2 saturated heterocycles. The fourth-order valence-electron chi connectivity index (χ4n) is 7.91. The molecule has 0 radical (unpaired) electrons. The van der Waals surface area contributed by atoms with Gasteiger partial charge in [0.25, 0.3) is 0 Å². The molecular formula is C40H54N2O4. The topological polar surface area (TPSA) is 54.4 Å². The van der Waals surface area contributed by atoms with Gasteiger partial charge in [0.05, 0.1) is 19.3 Å². The van der Waals surface area contributed by atoms with E-state index in [1.165, 1.54) is 46.2 Å². The summed E-state index contributed by atoms with van der Waals surface area (Å²) >= 11 is 0. The molecule has 1 aliphatic carbocycles. The SMILES string of the molecule is CCOc1cc(O[C@H]2CCc3c(-c4cccc(OCCCN5C(C)CC[C@H]5C)c4C)cccc32)c(C)cc1CN1CCC(O)CC1. The van der Waals surface area contributed by atoms with Crippen molar-refractivity contribution < 1.29 is 19.3 Å². The standard InChI is InChI=1S/C40H54N2O4/c1-6-44-40-25-39(27(2)24-31(40)26-41-21-18-32(43)19-22-41)46-38-17-16-35-34(11-7-12-36(35)38)33-10-8-13-37(30(33)5)45-23-9-20-42-28(3)14-15-29(42)4/h7-8,10-13,24-25,28-29,32,38,43H,6,9,14-23,26H2,1-5H3/t28-,29?,38+/m1/s1. The Balaban J connectivity index is 1.15. The summed E-state index contributed by atoms with van der Waals surface area (Å²) in [5.74, 6) is 2.79. The van der Waals surface area contributed by atoms with Crippen molar-refractivity contribution in [1.82, 2.24) is 9.80 Å². The van der Waals surface area contributed by atoms with E-state index in [-0.39, 0.29) is 12.2 Å². The van der Waals surface area contributed by atoms with Crippen LogP contribution in [0.2, 0.25) is 0 Å². The molecule has 0 amide bonds. The minimum atomic E-state index is -0.168. The van der Waals surface area contributed by atoms with Crippen LogP contribution < -0.4 is 14.2 Å². The van der Waals surface area contributed by atoms with Crippen LogP contribution >= 0.6 is 0 Å². The summed E-state index contributed by atoms with van der Waals surface area (Å²) in [5.41, 5.74) is 8.74. The Morgan fingerprint density at radius 3 is 2.33 bits per heavy atom. The fraction of sp³-hybridized carbons (Fsp3) is 0.550. The highest BCUT2D eigenvalue weighted by atomic mass is 16.5. The van der Waals surface area contributed by atoms with Gasteiger partial charge in [-0.3, -0.25) is 9.80 Å². The summed E-state index contributed by atoms with van der Waals surface area (Å²) in [4.78, 5) is 5.05. The Hall–Kier alpha value is -3.06. The van der Waals surface area contributed by atoms with E-state index in [4.69, 9.17) is 14.2 Å². The molecule has 6 heteroatoms. The van der Waals surface area contributed by atoms with E-state index in [0.29, 0.717) is 18.7 Å². The molecule has 248 valence electrons. The van der Waals surface area contributed by atoms with Crippen molar-refractivity contribution in [3.05, 3.63) is 76.3 Å². The first-order chi connectivity index (χ1) is 22.3. The Labute approximate surface area is 276 Å². The van der Waals surface area contributed by atoms with E-state index in [9.17, 15) is 5.11 Å². The highest BCUT2D eigenvalue weighted by Crippen LogP contribution is 2.43. The molecule has 2 heterocycles. The Morgan fingerprint density at radius 1 is 0.826 bits per heavy atom. The fourth-order valence-corrected chi connectivity index (χ4v) is 7.91. The van der Waals surface area contributed by atoms with Gasteiger partial charge in [-0.05, 0) is 125 Å². The molecule has 1 N–H and O–H groups in total. The monoisotopic (exact) mass is 626 g/mol. The first-order valence-corrected chi connectivity index (χ1v) is 17.8. The van der Waals surface area contributed by atoms with Crippen molar-refractivity contribution in [2.75, 3.05) is 32.8 Å². The van der Waals surface area contributed by atoms with Crippen molar-refractivity contribution in [3.63, 3.8) is 0 Å². The maximum absolute atomic E-state index is 9.93. The first kappa shape index (κ1) is 32.9. The van der Waals surface area contributed by atoms with Crippen LogP contribution in [0, 0.1) is 13.8 Å². The van der Waals surface area contributed by atoms with Crippen molar-refractivity contribution in [2.24, 2.45) is 0 Å². The Bertz CT molecular complexity index is 1470. The highest BCUT2D eigenvalue weighted by Gasteiger charge is 2.29. The summed E-state index contributed by atoms with van der Waals surface area (Å²) in [6.45, 7) is 16.2. The molecule has 6 nitrogen and oxygen atoms in total. The summed E-state index contributed by atoms with van der Waals surface area (Å²) in [7, 11) is 0. The van der Waals surface area contributed by atoms with Gasteiger partial charge in [-0.2, -0.15) is 0 Å². The number of aliphatic hydroxyl groups is 1. The quantitative estimate of drug-likeness (QED) is 0.206. The molecule has 1 unspecified atom stereocenters. The normalized spacial score (nSPS) is 22.3. The molecule has 0 bridgehead atoms.